The van der Waals surface area contributed by atoms with Crippen LogP contribution in [0.5, 0.6) is 11.5 Å². The van der Waals surface area contributed by atoms with Gasteiger partial charge in [0.1, 0.15) is 0 Å². The molecule has 2 aliphatic carbocycles. The van der Waals surface area contributed by atoms with E-state index in [9.17, 15) is 32.7 Å². The number of hydrogen-bond donors (Lipinski definition) is 2. The van der Waals surface area contributed by atoms with Gasteiger partial charge in [0.05, 0.1) is 51.0 Å². The number of rotatable bonds is 6. The Balaban J connectivity index is 1.35. The quantitative estimate of drug-likeness (QED) is 0.145. The van der Waals surface area contributed by atoms with Crippen molar-refractivity contribution in [2.45, 2.75) is 30.4 Å². The van der Waals surface area contributed by atoms with Gasteiger partial charge < -0.3 is 9.84 Å². The molecule has 0 radical (unpaired) electrons. The number of fused-ring (bicyclic) bond motifs is 4. The molecule has 2 aliphatic heterocycles. The minimum absolute atomic E-state index is 0.0211. The van der Waals surface area contributed by atoms with Crippen LogP contribution >= 0.6 is 66.7 Å². The van der Waals surface area contributed by atoms with E-state index in [0.29, 0.717) is 54.2 Å². The molecule has 1 saturated carbocycles. The van der Waals surface area contributed by atoms with Crippen molar-refractivity contribution in [2.24, 2.45) is 23.7 Å². The van der Waals surface area contributed by atoms with Gasteiger partial charge >= 0.3 is 6.18 Å². The van der Waals surface area contributed by atoms with Crippen LogP contribution in [0.25, 0.3) is 0 Å². The minimum atomic E-state index is -4.77. The van der Waals surface area contributed by atoms with E-state index in [1.54, 1.807) is 48.5 Å². The van der Waals surface area contributed by atoms with Gasteiger partial charge in [-0.05, 0) is 110 Å². The van der Waals surface area contributed by atoms with E-state index < -0.39 is 81.2 Å². The molecule has 8 rings (SSSR count). The lowest BCUT2D eigenvalue weighted by molar-refractivity contribution is -0.139. The molecule has 6 unspecified atom stereocenters. The van der Waals surface area contributed by atoms with E-state index in [4.69, 9.17) is 39.5 Å². The number of ether oxygens (including phenoxy) is 1. The molecule has 4 aliphatic rings. The molecule has 3 heterocycles. The largest absolute Gasteiger partial charge is 0.503 e. The van der Waals surface area contributed by atoms with Gasteiger partial charge in [-0.1, -0.05) is 58.6 Å². The molecule has 2 N–H and O–H groups in total. The summed E-state index contributed by atoms with van der Waals surface area (Å²) in [5, 5.41) is 11.9. The molecule has 57 heavy (non-hydrogen) atoms. The normalized spacial score (nSPS) is 25.6. The van der Waals surface area contributed by atoms with Crippen molar-refractivity contribution in [1.29, 1.82) is 0 Å². The molecule has 4 aromatic rings. The number of hydrazine groups is 1. The zero-order valence-corrected chi connectivity index (χ0v) is 34.5. The molecule has 4 amide bonds. The fraction of sp³-hybridized carbons (Fsp3) is 0.256. The third-order valence-corrected chi connectivity index (χ3v) is 14.3. The summed E-state index contributed by atoms with van der Waals surface area (Å²) in [5.41, 5.74) is 1.27. The number of aromatic hydroxyl groups is 1. The smallest absolute Gasteiger partial charge is 0.417 e. The lowest BCUT2D eigenvalue weighted by atomic mass is 9.49. The number of pyridine rings is 1. The molecule has 3 aromatic carbocycles. The average molecular weight is 970 g/mol. The Morgan fingerprint density at radius 1 is 0.912 bits per heavy atom. The van der Waals surface area contributed by atoms with Gasteiger partial charge in [0.15, 0.2) is 17.3 Å². The van der Waals surface area contributed by atoms with E-state index >= 15 is 4.79 Å². The Hall–Kier alpha value is -4.15. The highest BCUT2D eigenvalue weighted by Crippen LogP contribution is 2.66. The fourth-order valence-electron chi connectivity index (χ4n) is 8.95. The lowest BCUT2D eigenvalue weighted by Gasteiger charge is -2.51. The van der Waals surface area contributed by atoms with Gasteiger partial charge in [0.2, 0.25) is 11.8 Å². The van der Waals surface area contributed by atoms with Gasteiger partial charge in [-0.25, -0.2) is 4.98 Å². The highest BCUT2D eigenvalue weighted by Gasteiger charge is 2.71. The topological polar surface area (TPSA) is 129 Å². The Labute approximate surface area is 354 Å². The van der Waals surface area contributed by atoms with E-state index in [2.05, 4.69) is 42.3 Å². The number of methoxy groups -OCH3 is 1. The maximum absolute atomic E-state index is 15.5. The average Bonchev–Trinajstić information content (AvgIpc) is 3.56. The van der Waals surface area contributed by atoms with Crippen LogP contribution in [-0.2, 0) is 30.8 Å². The Kier molecular flexibility index (Phi) is 9.95. The van der Waals surface area contributed by atoms with Crippen molar-refractivity contribution in [3.05, 3.63) is 119 Å². The maximum Gasteiger partial charge on any atom is 0.417 e. The second kappa shape index (κ2) is 14.3. The van der Waals surface area contributed by atoms with Crippen molar-refractivity contribution in [3.63, 3.8) is 0 Å². The number of hydrogen-bond acceptors (Lipinski definition) is 8. The first-order chi connectivity index (χ1) is 27.0. The number of benzene rings is 3. The van der Waals surface area contributed by atoms with E-state index in [1.807, 2.05) is 6.08 Å². The number of carbonyl (C=O) groups excluding carboxylic acids is 4. The van der Waals surface area contributed by atoms with Crippen molar-refractivity contribution >= 4 is 102 Å². The van der Waals surface area contributed by atoms with E-state index in [0.717, 1.165) is 4.90 Å². The van der Waals surface area contributed by atoms with Crippen LogP contribution in [0.1, 0.15) is 35.4 Å². The molecule has 1 aromatic heterocycles. The van der Waals surface area contributed by atoms with Crippen molar-refractivity contribution < 1.29 is 42.2 Å². The van der Waals surface area contributed by atoms with Crippen LogP contribution in [-0.4, -0.2) is 45.8 Å². The molecule has 18 heteroatoms. The number of aromatic nitrogens is 1. The SMILES string of the molecule is COc1cc(C2C3=CCC4C(=O)N(c5ccc(Cl)cc5)C(=O)C4C3CC3C(=O)N(Nc4ncc(C(F)(F)F)cc4Cl)C(=O)C32c2ccc(Cl)cc2)c(Br)c(Br)c1O. The van der Waals surface area contributed by atoms with Gasteiger partial charge in [0.25, 0.3) is 11.8 Å². The first-order valence-electron chi connectivity index (χ1n) is 17.2. The fourth-order valence-corrected chi connectivity index (χ4v) is 10.4. The molecule has 294 valence electrons. The number of alkyl halides is 3. The standard InChI is InChI=1S/C39H26Br2Cl3F3N4O6/c1-57-27-14-24(30(40)31(41)32(27)52)29-21-10-11-22-28(36(55)50(34(22)53)20-8-6-19(43)7-9-20)23(21)13-25-35(54)51(37(56)38(25,29)16-2-4-18(42)5-3-16)49-33-26(44)12-17(15-48-33)39(45,46)47/h2-10,12,14-15,22-23,25,28-29,52H,11,13H2,1H3,(H,48,49). The number of phenols is 1. The first-order valence-corrected chi connectivity index (χ1v) is 19.9. The summed E-state index contributed by atoms with van der Waals surface area (Å²) < 4.78 is 46.6. The number of allylic oxidation sites excluding steroid dienone is 2. The number of imide groups is 2. The van der Waals surface area contributed by atoms with Crippen LogP contribution < -0.4 is 15.1 Å². The second-order valence-electron chi connectivity index (χ2n) is 14.1. The monoisotopic (exact) mass is 966 g/mol. The minimum Gasteiger partial charge on any atom is -0.503 e. The predicted octanol–water partition coefficient (Wildman–Crippen LogP) is 9.49. The van der Waals surface area contributed by atoms with Crippen molar-refractivity contribution in [1.82, 2.24) is 9.99 Å². The van der Waals surface area contributed by atoms with Crippen molar-refractivity contribution in [3.8, 4) is 11.5 Å². The highest BCUT2D eigenvalue weighted by molar-refractivity contribution is 9.13. The summed E-state index contributed by atoms with van der Waals surface area (Å²) in [6.45, 7) is 0. The molecule has 2 saturated heterocycles. The van der Waals surface area contributed by atoms with Gasteiger partial charge in [-0.2, -0.15) is 18.2 Å². The zero-order chi connectivity index (χ0) is 40.9. The van der Waals surface area contributed by atoms with Crippen molar-refractivity contribution in [2.75, 3.05) is 17.4 Å². The summed E-state index contributed by atoms with van der Waals surface area (Å²) in [6, 6.07) is 14.8. The number of halogens is 8. The second-order valence-corrected chi connectivity index (χ2v) is 16.9. The zero-order valence-electron chi connectivity index (χ0n) is 29.1. The van der Waals surface area contributed by atoms with Crippen LogP contribution in [0.4, 0.5) is 24.7 Å². The Bertz CT molecular complexity index is 2440. The number of nitrogens with one attached hydrogen (secondary N) is 1. The molecule has 3 fully saturated rings. The van der Waals surface area contributed by atoms with Crippen LogP contribution in [0.3, 0.4) is 0 Å². The first kappa shape index (κ1) is 39.7. The molecule has 0 bridgehead atoms. The number of nitrogens with zero attached hydrogens (tertiary/aromatic N) is 3. The van der Waals surface area contributed by atoms with Crippen LogP contribution in [0.2, 0.25) is 15.1 Å². The molecular weight excluding hydrogens is 944 g/mol. The Morgan fingerprint density at radius 3 is 2.18 bits per heavy atom. The van der Waals surface area contributed by atoms with Gasteiger partial charge in [0, 0.05) is 26.6 Å². The summed E-state index contributed by atoms with van der Waals surface area (Å²) in [7, 11) is 1.34. The number of anilines is 2. The van der Waals surface area contributed by atoms with Crippen LogP contribution in [0.15, 0.2) is 87.5 Å². The molecule has 6 atom stereocenters. The lowest BCUT2D eigenvalue weighted by Crippen LogP contribution is -2.53. The number of amides is 4. The van der Waals surface area contributed by atoms with Gasteiger partial charge in [-0.15, -0.1) is 0 Å². The van der Waals surface area contributed by atoms with Gasteiger partial charge in [-0.3, -0.25) is 29.5 Å². The number of carbonyl (C=O) groups is 4. The third-order valence-electron chi connectivity index (χ3n) is 11.3. The summed E-state index contributed by atoms with van der Waals surface area (Å²) in [4.78, 5) is 64.0. The van der Waals surface area contributed by atoms with Crippen LogP contribution in [0, 0.1) is 23.7 Å². The highest BCUT2D eigenvalue weighted by atomic mass is 79.9. The Morgan fingerprint density at radius 2 is 1.56 bits per heavy atom. The third kappa shape index (κ3) is 6.06. The molecule has 10 nitrogen and oxygen atoms in total. The van der Waals surface area contributed by atoms with E-state index in [-0.39, 0.29) is 28.8 Å². The maximum atomic E-state index is 15.5. The predicted molar refractivity (Wildman–Crippen MR) is 211 cm³/mol. The summed E-state index contributed by atoms with van der Waals surface area (Å²) >= 11 is 25.8. The number of phenolic OH excluding ortho intramolecular Hbond substituents is 1. The molecule has 0 spiro atoms. The molecular formula is C39H26Br2Cl3F3N4O6. The summed E-state index contributed by atoms with van der Waals surface area (Å²) in [5.74, 6) is -8.01. The summed E-state index contributed by atoms with van der Waals surface area (Å²) in [6.07, 6.45) is -2.39. The van der Waals surface area contributed by atoms with E-state index in [1.165, 1.54) is 13.2 Å².